The maximum atomic E-state index is 12.4. The molecule has 0 radical (unpaired) electrons. The number of piperazine rings is 1. The highest BCUT2D eigenvalue weighted by atomic mass is 35.5. The molecule has 0 aliphatic carbocycles. The summed E-state index contributed by atoms with van der Waals surface area (Å²) in [7, 11) is 2.08. The van der Waals surface area contributed by atoms with E-state index in [2.05, 4.69) is 22.6 Å². The van der Waals surface area contributed by atoms with Crippen LogP contribution in [-0.4, -0.2) is 67.9 Å². The number of hydrogen-bond donors (Lipinski definition) is 2. The van der Waals surface area contributed by atoms with Gasteiger partial charge >= 0.3 is 0 Å². The van der Waals surface area contributed by atoms with E-state index in [0.717, 1.165) is 50.5 Å². The van der Waals surface area contributed by atoms with E-state index < -0.39 is 0 Å². The van der Waals surface area contributed by atoms with Crippen LogP contribution in [0.25, 0.3) is 0 Å². The van der Waals surface area contributed by atoms with Gasteiger partial charge in [-0.15, -0.1) is 24.8 Å². The van der Waals surface area contributed by atoms with Crippen molar-refractivity contribution < 1.29 is 9.59 Å². The molecule has 1 aromatic rings. The van der Waals surface area contributed by atoms with Crippen LogP contribution in [0.1, 0.15) is 12.5 Å². The zero-order chi connectivity index (χ0) is 17.8. The Balaban J connectivity index is 0.00000182. The van der Waals surface area contributed by atoms with Gasteiger partial charge in [-0.3, -0.25) is 9.59 Å². The fourth-order valence-corrected chi connectivity index (χ4v) is 3.18. The fraction of sp³-hybridized carbons (Fsp3) is 0.579. The molecule has 152 valence electrons. The molecule has 3 rings (SSSR count). The zero-order valence-electron chi connectivity index (χ0n) is 15.9. The molecule has 2 aliphatic heterocycles. The molecule has 2 saturated heterocycles. The molecule has 0 spiro atoms. The summed E-state index contributed by atoms with van der Waals surface area (Å²) in [6, 6.07) is 7.63. The Morgan fingerprint density at radius 2 is 1.70 bits per heavy atom. The molecule has 2 heterocycles. The first-order chi connectivity index (χ1) is 12.0. The van der Waals surface area contributed by atoms with E-state index in [1.807, 2.05) is 36.1 Å². The molecule has 27 heavy (non-hydrogen) atoms. The predicted molar refractivity (Wildman–Crippen MR) is 113 cm³/mol. The van der Waals surface area contributed by atoms with E-state index in [-0.39, 0.29) is 42.5 Å². The molecule has 1 unspecified atom stereocenters. The minimum Gasteiger partial charge on any atom is -0.340 e. The Labute approximate surface area is 173 Å². The monoisotopic (exact) mass is 416 g/mol. The summed E-state index contributed by atoms with van der Waals surface area (Å²) in [5.41, 5.74) is 1.78. The van der Waals surface area contributed by atoms with Crippen LogP contribution in [0.5, 0.6) is 0 Å². The Morgan fingerprint density at radius 1 is 1.11 bits per heavy atom. The minimum absolute atomic E-state index is 0. The van der Waals surface area contributed by atoms with Gasteiger partial charge in [0.05, 0.1) is 6.42 Å². The van der Waals surface area contributed by atoms with E-state index in [4.69, 9.17) is 0 Å². The average molecular weight is 417 g/mol. The fourth-order valence-electron chi connectivity index (χ4n) is 3.18. The number of hydrogen-bond acceptors (Lipinski definition) is 4. The molecule has 6 nitrogen and oxygen atoms in total. The van der Waals surface area contributed by atoms with Gasteiger partial charge in [0.25, 0.3) is 0 Å². The van der Waals surface area contributed by atoms with Gasteiger partial charge in [-0.05, 0) is 43.8 Å². The summed E-state index contributed by atoms with van der Waals surface area (Å²) in [6.45, 7) is 7.29. The number of nitrogens with one attached hydrogen (secondary N) is 2. The van der Waals surface area contributed by atoms with Gasteiger partial charge in [0.2, 0.25) is 11.8 Å². The number of nitrogens with zero attached hydrogens (tertiary/aromatic N) is 2. The molecule has 1 atom stereocenters. The average Bonchev–Trinajstić information content (AvgIpc) is 2.55. The summed E-state index contributed by atoms with van der Waals surface area (Å²) in [4.78, 5) is 28.8. The third kappa shape index (κ3) is 6.35. The quantitative estimate of drug-likeness (QED) is 0.765. The third-order valence-electron chi connectivity index (χ3n) is 5.37. The SMILES string of the molecule is CC(C(=O)Nc1ccc(CC(=O)N2CCN(C)CC2)cc1)C1CNC1.Cl.Cl. The molecule has 0 saturated carbocycles. The zero-order valence-corrected chi connectivity index (χ0v) is 17.6. The van der Waals surface area contributed by atoms with Gasteiger partial charge in [0, 0.05) is 37.8 Å². The van der Waals surface area contributed by atoms with E-state index in [0.29, 0.717) is 12.3 Å². The van der Waals surface area contributed by atoms with Crippen molar-refractivity contribution in [3.8, 4) is 0 Å². The van der Waals surface area contributed by atoms with Crippen LogP contribution in [0, 0.1) is 11.8 Å². The Morgan fingerprint density at radius 3 is 2.22 bits per heavy atom. The second-order valence-corrected chi connectivity index (χ2v) is 7.25. The highest BCUT2D eigenvalue weighted by Crippen LogP contribution is 2.19. The smallest absolute Gasteiger partial charge is 0.227 e. The molecule has 2 fully saturated rings. The first-order valence-electron chi connectivity index (χ1n) is 9.10. The van der Waals surface area contributed by atoms with Crippen LogP contribution >= 0.6 is 24.8 Å². The Bertz CT molecular complexity index is 615. The maximum absolute atomic E-state index is 12.4. The van der Waals surface area contributed by atoms with Crippen LogP contribution in [0.2, 0.25) is 0 Å². The summed E-state index contributed by atoms with van der Waals surface area (Å²) in [5.74, 6) is 0.684. The summed E-state index contributed by atoms with van der Waals surface area (Å²) in [6.07, 6.45) is 0.419. The minimum atomic E-state index is 0. The molecule has 8 heteroatoms. The second-order valence-electron chi connectivity index (χ2n) is 7.25. The molecule has 2 aliphatic rings. The number of anilines is 1. The maximum Gasteiger partial charge on any atom is 0.227 e. The lowest BCUT2D eigenvalue weighted by Gasteiger charge is -2.32. The number of amides is 2. The number of likely N-dealkylation sites (N-methyl/N-ethyl adjacent to an activating group) is 1. The Kier molecular flexibility index (Phi) is 9.53. The number of halogens is 2. The summed E-state index contributed by atoms with van der Waals surface area (Å²) < 4.78 is 0. The molecular formula is C19H30Cl2N4O2. The van der Waals surface area contributed by atoms with Gasteiger partial charge in [-0.2, -0.15) is 0 Å². The predicted octanol–water partition coefficient (Wildman–Crippen LogP) is 1.64. The lowest BCUT2D eigenvalue weighted by atomic mass is 9.88. The lowest BCUT2D eigenvalue weighted by molar-refractivity contribution is -0.132. The van der Waals surface area contributed by atoms with Gasteiger partial charge in [0.1, 0.15) is 0 Å². The molecule has 1 aromatic carbocycles. The molecule has 0 aromatic heterocycles. The number of rotatable bonds is 5. The van der Waals surface area contributed by atoms with Gasteiger partial charge in [0.15, 0.2) is 0 Å². The van der Waals surface area contributed by atoms with Gasteiger partial charge in [-0.25, -0.2) is 0 Å². The van der Waals surface area contributed by atoms with Crippen LogP contribution in [0.3, 0.4) is 0 Å². The van der Waals surface area contributed by atoms with E-state index in [1.165, 1.54) is 0 Å². The summed E-state index contributed by atoms with van der Waals surface area (Å²) >= 11 is 0. The van der Waals surface area contributed by atoms with Crippen molar-refractivity contribution in [1.29, 1.82) is 0 Å². The molecule has 0 bridgehead atoms. The van der Waals surface area contributed by atoms with Crippen molar-refractivity contribution in [3.05, 3.63) is 29.8 Å². The lowest BCUT2D eigenvalue weighted by Crippen LogP contribution is -2.48. The number of carbonyl (C=O) groups is 2. The van der Waals surface area contributed by atoms with Gasteiger partial charge < -0.3 is 20.4 Å². The summed E-state index contributed by atoms with van der Waals surface area (Å²) in [5, 5.41) is 6.17. The third-order valence-corrected chi connectivity index (χ3v) is 5.37. The topological polar surface area (TPSA) is 64.7 Å². The number of carbonyl (C=O) groups excluding carboxylic acids is 2. The van der Waals surface area contributed by atoms with E-state index >= 15 is 0 Å². The largest absolute Gasteiger partial charge is 0.340 e. The van der Waals surface area contributed by atoms with Crippen molar-refractivity contribution in [3.63, 3.8) is 0 Å². The van der Waals surface area contributed by atoms with E-state index in [9.17, 15) is 9.59 Å². The number of benzene rings is 1. The van der Waals surface area contributed by atoms with Crippen LogP contribution in [-0.2, 0) is 16.0 Å². The van der Waals surface area contributed by atoms with Crippen LogP contribution in [0.15, 0.2) is 24.3 Å². The first kappa shape index (κ1) is 23.7. The van der Waals surface area contributed by atoms with E-state index in [1.54, 1.807) is 0 Å². The Hall–Kier alpha value is -1.34. The standard InChI is InChI=1S/C19H28N4O2.2ClH/c1-14(16-12-20-13-16)19(25)21-17-5-3-15(4-6-17)11-18(24)23-9-7-22(2)8-10-23;;/h3-6,14,16,20H,7-13H2,1-2H3,(H,21,25);2*1H. The second kappa shape index (κ2) is 10.9. The normalized spacial score (nSPS) is 18.5. The van der Waals surface area contributed by atoms with Crippen molar-refractivity contribution in [2.45, 2.75) is 13.3 Å². The van der Waals surface area contributed by atoms with Gasteiger partial charge in [-0.1, -0.05) is 19.1 Å². The molecule has 2 N–H and O–H groups in total. The highest BCUT2D eigenvalue weighted by molar-refractivity contribution is 5.92. The van der Waals surface area contributed by atoms with Crippen molar-refractivity contribution in [2.24, 2.45) is 11.8 Å². The van der Waals surface area contributed by atoms with Crippen molar-refractivity contribution >= 4 is 42.3 Å². The first-order valence-corrected chi connectivity index (χ1v) is 9.10. The van der Waals surface area contributed by atoms with Crippen molar-refractivity contribution in [2.75, 3.05) is 51.6 Å². The highest BCUT2D eigenvalue weighted by Gasteiger charge is 2.28. The van der Waals surface area contributed by atoms with Crippen LogP contribution < -0.4 is 10.6 Å². The molecular weight excluding hydrogens is 387 g/mol. The van der Waals surface area contributed by atoms with Crippen LogP contribution in [0.4, 0.5) is 5.69 Å². The van der Waals surface area contributed by atoms with Crippen molar-refractivity contribution in [1.82, 2.24) is 15.1 Å². The molecule has 2 amide bonds.